The van der Waals surface area contributed by atoms with E-state index >= 15 is 0 Å². The summed E-state index contributed by atoms with van der Waals surface area (Å²) in [5.41, 5.74) is 0. The molecule has 0 bridgehead atoms. The molecule has 2 aliphatic rings. The van der Waals surface area contributed by atoms with Crippen molar-refractivity contribution in [2.45, 2.75) is 133 Å². The Morgan fingerprint density at radius 2 is 1.09 bits per heavy atom. The molecule has 0 amide bonds. The van der Waals surface area contributed by atoms with Gasteiger partial charge in [0.25, 0.3) is 0 Å². The third-order valence-electron chi connectivity index (χ3n) is 6.74. The maximum absolute atomic E-state index is 10.6. The first-order valence-corrected chi connectivity index (χ1v) is 13.1. The average molecular weight is 511 g/mol. The van der Waals surface area contributed by atoms with Crippen LogP contribution in [0.2, 0.25) is 0 Å². The maximum atomic E-state index is 10.6. The smallest absolute Gasteiger partial charge is 0.187 e. The molecule has 0 radical (unpaired) electrons. The van der Waals surface area contributed by atoms with Gasteiger partial charge in [0, 0.05) is 6.61 Å². The summed E-state index contributed by atoms with van der Waals surface area (Å²) in [6.45, 7) is 1.31. The maximum Gasteiger partial charge on any atom is 0.187 e. The van der Waals surface area contributed by atoms with E-state index in [-0.39, 0.29) is 0 Å². The Bertz CT molecular complexity index is 550. The van der Waals surface area contributed by atoms with E-state index in [1.54, 1.807) is 0 Å². The van der Waals surface area contributed by atoms with E-state index in [1.807, 2.05) is 0 Å². The zero-order valence-electron chi connectivity index (χ0n) is 20.7. The van der Waals surface area contributed by atoms with Gasteiger partial charge in [0.05, 0.1) is 13.2 Å². The lowest BCUT2D eigenvalue weighted by Gasteiger charge is -2.45. The Balaban J connectivity index is 1.74. The summed E-state index contributed by atoms with van der Waals surface area (Å²) in [5.74, 6) is 0. The molecule has 11 heteroatoms. The zero-order valence-corrected chi connectivity index (χ0v) is 20.7. The largest absolute Gasteiger partial charge is 0.394 e. The van der Waals surface area contributed by atoms with Gasteiger partial charge in [-0.3, -0.25) is 0 Å². The highest BCUT2D eigenvalue weighted by molar-refractivity contribution is 4.94. The van der Waals surface area contributed by atoms with Crippen molar-refractivity contribution in [1.82, 2.24) is 0 Å². The van der Waals surface area contributed by atoms with Crippen LogP contribution in [-0.4, -0.2) is 117 Å². The van der Waals surface area contributed by atoms with Crippen molar-refractivity contribution in [2.24, 2.45) is 0 Å². The average Bonchev–Trinajstić information content (AvgIpc) is 2.86. The molecule has 0 spiro atoms. The van der Waals surface area contributed by atoms with Crippen molar-refractivity contribution in [3.8, 4) is 0 Å². The fourth-order valence-electron chi connectivity index (χ4n) is 4.48. The van der Waals surface area contributed by atoms with Crippen molar-refractivity contribution in [2.75, 3.05) is 19.8 Å². The lowest BCUT2D eigenvalue weighted by atomic mass is 9.97. The van der Waals surface area contributed by atoms with Crippen LogP contribution < -0.4 is 0 Å². The minimum atomic E-state index is -1.69. The first kappa shape index (κ1) is 30.8. The lowest BCUT2D eigenvalue weighted by molar-refractivity contribution is -0.359. The molecule has 7 N–H and O–H groups in total. The number of aliphatic hydroxyl groups excluding tert-OH is 7. The summed E-state index contributed by atoms with van der Waals surface area (Å²) >= 11 is 0. The predicted octanol–water partition coefficient (Wildman–Crippen LogP) is -0.452. The number of unbranched alkanes of at least 4 members (excludes halogenated alkanes) is 9. The Morgan fingerprint density at radius 3 is 1.66 bits per heavy atom. The molecule has 0 aromatic rings. The van der Waals surface area contributed by atoms with Crippen LogP contribution in [0.4, 0.5) is 0 Å². The summed E-state index contributed by atoms with van der Waals surface area (Å²) in [7, 11) is 0. The van der Waals surface area contributed by atoms with Gasteiger partial charge in [-0.25, -0.2) is 0 Å². The van der Waals surface area contributed by atoms with Gasteiger partial charge in [-0.05, 0) is 6.42 Å². The van der Waals surface area contributed by atoms with Crippen LogP contribution in [0.15, 0.2) is 0 Å². The highest BCUT2D eigenvalue weighted by Crippen LogP contribution is 2.29. The molecular formula is C24H46O11. The van der Waals surface area contributed by atoms with Gasteiger partial charge in [-0.15, -0.1) is 0 Å². The van der Waals surface area contributed by atoms with E-state index < -0.39 is 74.6 Å². The Morgan fingerprint density at radius 1 is 0.571 bits per heavy atom. The SMILES string of the molecule is CCCCCCCCCCCCO[C@@H]1O[C@H](CO)[C@H](O[C@H]2O[C@H](CO)[C@H](O)C(O)[C@H]2O)[C@@H](O)[C@H]1O. The molecule has 208 valence electrons. The highest BCUT2D eigenvalue weighted by Gasteiger charge is 2.50. The van der Waals surface area contributed by atoms with Crippen LogP contribution in [0.5, 0.6) is 0 Å². The zero-order chi connectivity index (χ0) is 25.8. The molecule has 2 heterocycles. The van der Waals surface area contributed by atoms with Crippen molar-refractivity contribution in [1.29, 1.82) is 0 Å². The topological polar surface area (TPSA) is 179 Å². The molecule has 0 aliphatic carbocycles. The molecule has 2 fully saturated rings. The van der Waals surface area contributed by atoms with Crippen molar-refractivity contribution in [3.05, 3.63) is 0 Å². The van der Waals surface area contributed by atoms with Crippen LogP contribution in [-0.2, 0) is 18.9 Å². The van der Waals surface area contributed by atoms with Crippen LogP contribution in [0, 0.1) is 0 Å². The third kappa shape index (κ3) is 9.11. The van der Waals surface area contributed by atoms with Gasteiger partial charge in [-0.1, -0.05) is 64.7 Å². The summed E-state index contributed by atoms with van der Waals surface area (Å²) in [4.78, 5) is 0. The van der Waals surface area contributed by atoms with E-state index in [0.717, 1.165) is 19.3 Å². The quantitative estimate of drug-likeness (QED) is 0.134. The molecule has 1 unspecified atom stereocenters. The number of hydrogen-bond acceptors (Lipinski definition) is 11. The van der Waals surface area contributed by atoms with Crippen molar-refractivity contribution in [3.63, 3.8) is 0 Å². The van der Waals surface area contributed by atoms with Gasteiger partial charge < -0.3 is 54.7 Å². The number of hydrogen-bond donors (Lipinski definition) is 7. The minimum Gasteiger partial charge on any atom is -0.394 e. The lowest BCUT2D eigenvalue weighted by Crippen LogP contribution is -2.64. The third-order valence-corrected chi connectivity index (χ3v) is 6.74. The number of aliphatic hydroxyl groups is 7. The fraction of sp³-hybridized carbons (Fsp3) is 1.00. The first-order chi connectivity index (χ1) is 16.8. The van der Waals surface area contributed by atoms with E-state index in [2.05, 4.69) is 6.92 Å². The van der Waals surface area contributed by atoms with Gasteiger partial charge in [-0.2, -0.15) is 0 Å². The molecule has 10 atom stereocenters. The van der Waals surface area contributed by atoms with E-state index in [4.69, 9.17) is 18.9 Å². The van der Waals surface area contributed by atoms with Crippen LogP contribution in [0.25, 0.3) is 0 Å². The molecule has 2 aliphatic heterocycles. The Hall–Kier alpha value is -0.440. The monoisotopic (exact) mass is 510 g/mol. The molecular weight excluding hydrogens is 464 g/mol. The summed E-state index contributed by atoms with van der Waals surface area (Å²) < 4.78 is 22.0. The van der Waals surface area contributed by atoms with E-state index in [0.29, 0.717) is 6.61 Å². The van der Waals surface area contributed by atoms with Crippen LogP contribution in [0.1, 0.15) is 71.1 Å². The molecule has 0 aromatic carbocycles. The predicted molar refractivity (Wildman–Crippen MR) is 124 cm³/mol. The highest BCUT2D eigenvalue weighted by atomic mass is 16.7. The Kier molecular flexibility index (Phi) is 14.4. The standard InChI is InChI=1S/C24H46O11/c1-2-3-4-5-6-7-8-9-10-11-12-32-23-21(31)19(29)22(16(14-26)34-23)35-24-20(30)18(28)17(27)15(13-25)33-24/h15-31H,2-14H2,1H3/t15-,16-,17+,18?,19+,20-,21-,22+,23-,24-/m1/s1. The molecule has 2 rings (SSSR count). The normalized spacial score (nSPS) is 38.1. The molecule has 0 saturated carbocycles. The number of rotatable bonds is 16. The second-order valence-electron chi connectivity index (χ2n) is 9.56. The molecule has 35 heavy (non-hydrogen) atoms. The Labute approximate surface area is 207 Å². The van der Waals surface area contributed by atoms with Crippen LogP contribution in [0.3, 0.4) is 0 Å². The van der Waals surface area contributed by atoms with Gasteiger partial charge in [0.15, 0.2) is 12.6 Å². The van der Waals surface area contributed by atoms with Gasteiger partial charge in [0.2, 0.25) is 0 Å². The summed E-state index contributed by atoms with van der Waals surface area (Å²) in [6.07, 6.45) is -2.63. The second-order valence-corrected chi connectivity index (χ2v) is 9.56. The minimum absolute atomic E-state index is 0.321. The summed E-state index contributed by atoms with van der Waals surface area (Å²) in [6, 6.07) is 0. The van der Waals surface area contributed by atoms with Crippen molar-refractivity contribution >= 4 is 0 Å². The summed E-state index contributed by atoms with van der Waals surface area (Å²) in [5, 5.41) is 70.1. The second kappa shape index (κ2) is 16.4. The van der Waals surface area contributed by atoms with Crippen LogP contribution >= 0.6 is 0 Å². The van der Waals surface area contributed by atoms with Crippen molar-refractivity contribution < 1.29 is 54.7 Å². The molecule has 0 aromatic heterocycles. The molecule has 2 saturated heterocycles. The fourth-order valence-corrected chi connectivity index (χ4v) is 4.48. The van der Waals surface area contributed by atoms with E-state index in [1.165, 1.54) is 44.9 Å². The number of ether oxygens (including phenoxy) is 4. The van der Waals surface area contributed by atoms with Gasteiger partial charge >= 0.3 is 0 Å². The van der Waals surface area contributed by atoms with Gasteiger partial charge in [0.1, 0.15) is 48.8 Å². The molecule has 11 nitrogen and oxygen atoms in total. The first-order valence-electron chi connectivity index (χ1n) is 13.1. The van der Waals surface area contributed by atoms with E-state index in [9.17, 15) is 35.7 Å².